The first-order valence-corrected chi connectivity index (χ1v) is 17.8. The highest BCUT2D eigenvalue weighted by molar-refractivity contribution is 5.95. The second-order valence-corrected chi connectivity index (χ2v) is 13.8. The number of hydrogen-bond donors (Lipinski definition) is 2. The number of H-pyrrole nitrogens is 1. The van der Waals surface area contributed by atoms with Crippen LogP contribution >= 0.6 is 0 Å². The Kier molecular flexibility index (Phi) is 20.0. The molecule has 44 heavy (non-hydrogen) atoms. The molecule has 2 unspecified atom stereocenters. The van der Waals surface area contributed by atoms with Crippen molar-refractivity contribution in [3.63, 3.8) is 0 Å². The molecule has 5 nitrogen and oxygen atoms in total. The number of amides is 1. The molecule has 0 saturated heterocycles. The van der Waals surface area contributed by atoms with E-state index < -0.39 is 6.17 Å². The summed E-state index contributed by atoms with van der Waals surface area (Å²) < 4.78 is 22.8. The number of anilines is 1. The monoisotopic (exact) mass is 624 g/mol. The molecule has 3 rings (SSSR count). The van der Waals surface area contributed by atoms with E-state index in [2.05, 4.69) is 38.1 Å². The van der Waals surface area contributed by atoms with Gasteiger partial charge in [-0.05, 0) is 82.4 Å². The van der Waals surface area contributed by atoms with Crippen LogP contribution in [0.1, 0.15) is 149 Å². The number of alkyl halides is 2. The summed E-state index contributed by atoms with van der Waals surface area (Å²) in [5, 5.41) is 3.34. The summed E-state index contributed by atoms with van der Waals surface area (Å²) in [6, 6.07) is 1.90. The van der Waals surface area contributed by atoms with Crippen LogP contribution in [0, 0.1) is 17.8 Å². The largest absolute Gasteiger partial charge is 0.323 e. The molecule has 1 saturated carbocycles. The van der Waals surface area contributed by atoms with Crippen molar-refractivity contribution in [2.24, 2.45) is 17.8 Å². The first kappa shape index (κ1) is 40.3. The quantitative estimate of drug-likeness (QED) is 0.180. The molecule has 2 atom stereocenters. The fourth-order valence-corrected chi connectivity index (χ4v) is 7.01. The van der Waals surface area contributed by atoms with Crippen molar-refractivity contribution in [2.45, 2.75) is 156 Å². The van der Waals surface area contributed by atoms with Crippen molar-refractivity contribution in [1.82, 2.24) is 10.3 Å². The van der Waals surface area contributed by atoms with E-state index in [0.717, 1.165) is 41.6 Å². The van der Waals surface area contributed by atoms with Crippen LogP contribution < -0.4 is 15.8 Å². The van der Waals surface area contributed by atoms with Crippen LogP contribution in [-0.2, 0) is 16.6 Å². The third-order valence-electron chi connectivity index (χ3n) is 9.71. The van der Waals surface area contributed by atoms with Gasteiger partial charge in [0.2, 0.25) is 5.91 Å². The van der Waals surface area contributed by atoms with Crippen molar-refractivity contribution in [1.29, 1.82) is 0 Å². The highest BCUT2D eigenvalue weighted by Crippen LogP contribution is 2.39. The Bertz CT molecular complexity index is 966. The molecule has 2 heterocycles. The highest BCUT2D eigenvalue weighted by atomic mass is 19.1. The number of rotatable bonds is 16. The number of fused-ring (bicyclic) bond motifs is 1. The summed E-state index contributed by atoms with van der Waals surface area (Å²) in [5.74, 6) is 2.35. The fraction of sp³-hybridized carbons (Fsp3) is 0.838. The second-order valence-electron chi connectivity index (χ2n) is 13.8. The number of carbonyl (C=O) groups excluding carboxylic acids is 1. The van der Waals surface area contributed by atoms with Gasteiger partial charge in [0.15, 0.2) is 0 Å². The molecule has 1 aromatic heterocycles. The van der Waals surface area contributed by atoms with Crippen LogP contribution in [0.15, 0.2) is 10.9 Å². The molecular weight excluding hydrogens is 556 g/mol. The molecular formula is C37H67F2N3O2. The van der Waals surface area contributed by atoms with E-state index in [-0.39, 0.29) is 16.9 Å². The van der Waals surface area contributed by atoms with Gasteiger partial charge in [-0.25, -0.2) is 4.39 Å². The predicted molar refractivity (Wildman–Crippen MR) is 184 cm³/mol. The third kappa shape index (κ3) is 13.3. The lowest BCUT2D eigenvalue weighted by molar-refractivity contribution is -0.118. The summed E-state index contributed by atoms with van der Waals surface area (Å²) in [4.78, 5) is 29.6. The molecule has 0 aromatic carbocycles. The van der Waals surface area contributed by atoms with Crippen LogP contribution in [0.25, 0.3) is 0 Å². The van der Waals surface area contributed by atoms with Crippen LogP contribution in [0.4, 0.5) is 14.5 Å². The molecule has 0 bridgehead atoms. The first-order valence-electron chi connectivity index (χ1n) is 17.8. The van der Waals surface area contributed by atoms with E-state index in [4.69, 9.17) is 0 Å². The minimum Gasteiger partial charge on any atom is -0.323 e. The van der Waals surface area contributed by atoms with Gasteiger partial charge in [-0.15, -0.1) is 0 Å². The van der Waals surface area contributed by atoms with Crippen molar-refractivity contribution in [2.75, 3.05) is 32.2 Å². The topological polar surface area (TPSA) is 65.2 Å². The van der Waals surface area contributed by atoms with Crippen molar-refractivity contribution in [3.8, 4) is 0 Å². The number of nitrogens with one attached hydrogen (secondary N) is 2. The Morgan fingerprint density at radius 2 is 1.59 bits per heavy atom. The average Bonchev–Trinajstić information content (AvgIpc) is 3.28. The Balaban J connectivity index is 0.000000435. The maximum absolute atomic E-state index is 13.3. The summed E-state index contributed by atoms with van der Waals surface area (Å²) in [6.07, 6.45) is 17.4. The summed E-state index contributed by atoms with van der Waals surface area (Å²) in [5.41, 5.74) is 2.12. The standard InChI is InChI=1S/C19H27FN2O2.C17H37N.CH3F/c1-4-16(23)22-11-19(2,3)17-15(22)10-13(18(24)21-17)9-12-5-7-14(20)8-6-12;1-5-8-12-16(7-3)13-9-10-14-17(11-6-2)15-18-4;1-2/h10,12,14H,4-9,11H2,1-3H3,(H,21,24);16-18H,5-15H2,1-4H3;1H3. The molecule has 2 aliphatic rings. The lowest BCUT2D eigenvalue weighted by Crippen LogP contribution is -2.33. The van der Waals surface area contributed by atoms with E-state index >= 15 is 0 Å². The number of aromatic nitrogens is 1. The van der Waals surface area contributed by atoms with Crippen molar-refractivity contribution >= 4 is 11.6 Å². The fourth-order valence-electron chi connectivity index (χ4n) is 7.01. The Labute approximate surface area is 268 Å². The van der Waals surface area contributed by atoms with E-state index in [1.165, 1.54) is 70.8 Å². The van der Waals surface area contributed by atoms with Crippen LogP contribution in [0.3, 0.4) is 0 Å². The molecule has 1 aliphatic carbocycles. The van der Waals surface area contributed by atoms with Gasteiger partial charge in [0.05, 0.1) is 12.9 Å². The van der Waals surface area contributed by atoms with Crippen LogP contribution in [0.2, 0.25) is 0 Å². The van der Waals surface area contributed by atoms with Gasteiger partial charge < -0.3 is 15.2 Å². The van der Waals surface area contributed by atoms with E-state index in [1.54, 1.807) is 4.90 Å². The number of halogens is 2. The predicted octanol–water partition coefficient (Wildman–Crippen LogP) is 9.46. The van der Waals surface area contributed by atoms with Gasteiger partial charge in [-0.1, -0.05) is 92.9 Å². The van der Waals surface area contributed by atoms with Gasteiger partial charge in [0.25, 0.3) is 5.56 Å². The number of aromatic amines is 1. The minimum absolute atomic E-state index is 0.0602. The van der Waals surface area contributed by atoms with Gasteiger partial charge >= 0.3 is 0 Å². The number of nitrogens with zero attached hydrogens (tertiary/aromatic N) is 1. The van der Waals surface area contributed by atoms with Crippen molar-refractivity contribution in [3.05, 3.63) is 27.7 Å². The molecule has 1 amide bonds. The third-order valence-corrected chi connectivity index (χ3v) is 9.71. The molecule has 1 fully saturated rings. The normalized spacial score (nSPS) is 20.1. The number of unbranched alkanes of at least 4 members (excludes halogenated alkanes) is 2. The van der Waals surface area contributed by atoms with Crippen LogP contribution in [0.5, 0.6) is 0 Å². The zero-order valence-electron chi connectivity index (χ0n) is 29.6. The zero-order chi connectivity index (χ0) is 33.1. The Morgan fingerprint density at radius 3 is 2.14 bits per heavy atom. The number of pyridine rings is 1. The smallest absolute Gasteiger partial charge is 0.251 e. The van der Waals surface area contributed by atoms with E-state index in [1.807, 2.05) is 26.8 Å². The number of hydrogen-bond acceptors (Lipinski definition) is 3. The highest BCUT2D eigenvalue weighted by Gasteiger charge is 2.39. The van der Waals surface area contributed by atoms with E-state index in [0.29, 0.717) is 45.3 Å². The van der Waals surface area contributed by atoms with Crippen molar-refractivity contribution < 1.29 is 13.6 Å². The molecule has 1 aromatic rings. The maximum atomic E-state index is 13.3. The van der Waals surface area contributed by atoms with Gasteiger partial charge in [-0.3, -0.25) is 14.0 Å². The van der Waals surface area contributed by atoms with Gasteiger partial charge in [-0.2, -0.15) is 0 Å². The summed E-state index contributed by atoms with van der Waals surface area (Å²) >= 11 is 0. The average molecular weight is 624 g/mol. The Hall–Kier alpha value is -1.76. The lowest BCUT2D eigenvalue weighted by Gasteiger charge is -2.24. The molecule has 0 spiro atoms. The molecule has 256 valence electrons. The van der Waals surface area contributed by atoms with Gasteiger partial charge in [0, 0.05) is 29.6 Å². The van der Waals surface area contributed by atoms with Crippen LogP contribution in [-0.4, -0.2) is 44.4 Å². The van der Waals surface area contributed by atoms with Gasteiger partial charge in [0.1, 0.15) is 6.17 Å². The first-order chi connectivity index (χ1) is 21.1. The molecule has 1 aliphatic heterocycles. The summed E-state index contributed by atoms with van der Waals surface area (Å²) in [6.45, 7) is 14.7. The molecule has 0 radical (unpaired) electrons. The maximum Gasteiger partial charge on any atom is 0.251 e. The number of carbonyl (C=O) groups is 1. The lowest BCUT2D eigenvalue weighted by atomic mass is 9.84. The zero-order valence-corrected chi connectivity index (χ0v) is 29.6. The molecule has 7 heteroatoms. The SMILES string of the molecule is CCC(=O)N1CC(C)(C)c2[nH]c(=O)c(CC3CCC(F)CC3)cc21.CCCCC(CC)CCCCC(CCC)CNC.CF. The summed E-state index contributed by atoms with van der Waals surface area (Å²) in [7, 11) is 2.58. The molecule has 2 N–H and O–H groups in total. The minimum atomic E-state index is -0.682. The van der Waals surface area contributed by atoms with E-state index in [9.17, 15) is 18.4 Å². The second kappa shape index (κ2) is 21.9. The Morgan fingerprint density at radius 1 is 0.977 bits per heavy atom.